The van der Waals surface area contributed by atoms with E-state index in [9.17, 15) is 22.8 Å². The lowest BCUT2D eigenvalue weighted by molar-refractivity contribution is -0.120. The van der Waals surface area contributed by atoms with Gasteiger partial charge in [-0.1, -0.05) is 6.07 Å². The van der Waals surface area contributed by atoms with E-state index in [-0.39, 0.29) is 24.0 Å². The van der Waals surface area contributed by atoms with Crippen molar-refractivity contribution in [1.82, 2.24) is 10.6 Å². The second-order valence-corrected chi connectivity index (χ2v) is 7.84. The number of hydrogen-bond donors (Lipinski definition) is 3. The van der Waals surface area contributed by atoms with Crippen LogP contribution in [-0.2, 0) is 19.4 Å². The Morgan fingerprint density at radius 2 is 2.00 bits per heavy atom. The second-order valence-electron chi connectivity index (χ2n) is 5.61. The highest BCUT2D eigenvalue weighted by Gasteiger charge is 2.28. The van der Waals surface area contributed by atoms with Gasteiger partial charge in [-0.3, -0.25) is 14.4 Å². The molecule has 3 N–H and O–H groups in total. The number of benzene rings is 1. The van der Waals surface area contributed by atoms with E-state index in [0.717, 1.165) is 0 Å². The van der Waals surface area contributed by atoms with Crippen LogP contribution < -0.4 is 16.0 Å². The van der Waals surface area contributed by atoms with Gasteiger partial charge in [0.2, 0.25) is 11.8 Å². The monoisotopic (exact) mass is 353 g/mol. The molecule has 1 saturated heterocycles. The lowest BCUT2D eigenvalue weighted by atomic mass is 10.2. The van der Waals surface area contributed by atoms with Crippen LogP contribution in [0.2, 0.25) is 0 Å². The van der Waals surface area contributed by atoms with Gasteiger partial charge in [0.25, 0.3) is 5.91 Å². The van der Waals surface area contributed by atoms with Crippen LogP contribution in [0.4, 0.5) is 5.69 Å². The molecule has 0 aromatic heterocycles. The molecule has 1 aromatic carbocycles. The van der Waals surface area contributed by atoms with E-state index in [0.29, 0.717) is 17.7 Å². The number of nitrogens with one attached hydrogen (secondary N) is 3. The number of carbonyl (C=O) groups is 3. The highest BCUT2D eigenvalue weighted by molar-refractivity contribution is 7.91. The molecule has 1 atom stereocenters. The summed E-state index contributed by atoms with van der Waals surface area (Å²) >= 11 is 0. The first-order chi connectivity index (χ1) is 11.2. The van der Waals surface area contributed by atoms with Gasteiger partial charge in [0.15, 0.2) is 9.84 Å². The fourth-order valence-corrected chi connectivity index (χ4v) is 4.06. The Labute approximate surface area is 139 Å². The molecule has 0 aliphatic carbocycles. The predicted octanol–water partition coefficient (Wildman–Crippen LogP) is -0.322. The quantitative estimate of drug-likeness (QED) is 0.670. The molecule has 1 heterocycles. The zero-order valence-corrected chi connectivity index (χ0v) is 14.0. The first-order valence-corrected chi connectivity index (χ1v) is 9.23. The third kappa shape index (κ3) is 5.34. The molecule has 1 aromatic rings. The Bertz CT molecular complexity index is 760. The molecular weight excluding hydrogens is 334 g/mol. The molecule has 0 unspecified atom stereocenters. The Kier molecular flexibility index (Phi) is 5.55. The second kappa shape index (κ2) is 7.43. The van der Waals surface area contributed by atoms with Crippen molar-refractivity contribution < 1.29 is 22.8 Å². The van der Waals surface area contributed by atoms with Gasteiger partial charge in [-0.25, -0.2) is 8.42 Å². The van der Waals surface area contributed by atoms with Crippen molar-refractivity contribution in [2.75, 3.05) is 23.4 Å². The van der Waals surface area contributed by atoms with E-state index in [2.05, 4.69) is 16.0 Å². The fraction of sp³-hybridized carbons (Fsp3) is 0.400. The van der Waals surface area contributed by atoms with Crippen molar-refractivity contribution in [3.63, 3.8) is 0 Å². The number of hydrogen-bond acceptors (Lipinski definition) is 5. The molecule has 0 saturated carbocycles. The molecule has 1 aliphatic rings. The van der Waals surface area contributed by atoms with Gasteiger partial charge in [0, 0.05) is 24.2 Å². The highest BCUT2D eigenvalue weighted by Crippen LogP contribution is 2.11. The Hall–Kier alpha value is -2.42. The molecule has 130 valence electrons. The van der Waals surface area contributed by atoms with Gasteiger partial charge < -0.3 is 16.0 Å². The number of anilines is 1. The first kappa shape index (κ1) is 17.9. The average Bonchev–Trinajstić information content (AvgIpc) is 2.83. The minimum atomic E-state index is -3.07. The molecule has 2 rings (SSSR count). The predicted molar refractivity (Wildman–Crippen MR) is 88.3 cm³/mol. The minimum Gasteiger partial charge on any atom is -0.351 e. The highest BCUT2D eigenvalue weighted by atomic mass is 32.2. The summed E-state index contributed by atoms with van der Waals surface area (Å²) in [7, 11) is -3.07. The summed E-state index contributed by atoms with van der Waals surface area (Å²) < 4.78 is 22.7. The van der Waals surface area contributed by atoms with Gasteiger partial charge in [-0.15, -0.1) is 0 Å². The van der Waals surface area contributed by atoms with E-state index in [1.807, 2.05) is 0 Å². The standard InChI is InChI=1S/C15H19N3O5S/c1-10(19)17-12-4-2-3-11(7-12)15(21)16-8-14(20)18-13-5-6-24(22,23)9-13/h2-4,7,13H,5-6,8-9H2,1H3,(H,16,21)(H,17,19)(H,18,20)/t13-/m0/s1. The zero-order valence-electron chi connectivity index (χ0n) is 13.2. The third-order valence-electron chi connectivity index (χ3n) is 3.45. The summed E-state index contributed by atoms with van der Waals surface area (Å²) in [6, 6.07) is 5.91. The van der Waals surface area contributed by atoms with Crippen molar-refractivity contribution >= 4 is 33.2 Å². The van der Waals surface area contributed by atoms with Crippen LogP contribution in [0.1, 0.15) is 23.7 Å². The summed E-state index contributed by atoms with van der Waals surface area (Å²) in [5, 5.41) is 7.62. The number of amides is 3. The maximum absolute atomic E-state index is 12.0. The molecular formula is C15H19N3O5S. The maximum Gasteiger partial charge on any atom is 0.251 e. The van der Waals surface area contributed by atoms with Crippen molar-refractivity contribution in [2.45, 2.75) is 19.4 Å². The van der Waals surface area contributed by atoms with Gasteiger partial charge in [0.1, 0.15) is 0 Å². The van der Waals surface area contributed by atoms with Gasteiger partial charge in [-0.05, 0) is 24.6 Å². The smallest absolute Gasteiger partial charge is 0.251 e. The molecule has 0 radical (unpaired) electrons. The van der Waals surface area contributed by atoms with Crippen LogP contribution in [-0.4, -0.2) is 50.2 Å². The van der Waals surface area contributed by atoms with Crippen LogP contribution in [0.25, 0.3) is 0 Å². The Balaban J connectivity index is 1.84. The van der Waals surface area contributed by atoms with Crippen LogP contribution in [0.15, 0.2) is 24.3 Å². The summed E-state index contributed by atoms with van der Waals surface area (Å²) in [4.78, 5) is 34.8. The number of carbonyl (C=O) groups excluding carboxylic acids is 3. The lowest BCUT2D eigenvalue weighted by Crippen LogP contribution is -2.42. The van der Waals surface area contributed by atoms with E-state index in [1.165, 1.54) is 13.0 Å². The van der Waals surface area contributed by atoms with Crippen LogP contribution in [0, 0.1) is 0 Å². The number of sulfone groups is 1. The Morgan fingerprint density at radius 3 is 2.62 bits per heavy atom. The largest absolute Gasteiger partial charge is 0.351 e. The summed E-state index contributed by atoms with van der Waals surface area (Å²) in [5.41, 5.74) is 0.785. The molecule has 9 heteroatoms. The van der Waals surface area contributed by atoms with Crippen molar-refractivity contribution in [3.8, 4) is 0 Å². The molecule has 1 fully saturated rings. The van der Waals surface area contributed by atoms with E-state index in [1.54, 1.807) is 18.2 Å². The van der Waals surface area contributed by atoms with Crippen molar-refractivity contribution in [1.29, 1.82) is 0 Å². The average molecular weight is 353 g/mol. The van der Waals surface area contributed by atoms with E-state index < -0.39 is 27.7 Å². The van der Waals surface area contributed by atoms with Gasteiger partial charge in [0.05, 0.1) is 18.1 Å². The molecule has 0 bridgehead atoms. The lowest BCUT2D eigenvalue weighted by Gasteiger charge is -2.11. The molecule has 3 amide bonds. The van der Waals surface area contributed by atoms with Gasteiger partial charge in [-0.2, -0.15) is 0 Å². The van der Waals surface area contributed by atoms with Crippen molar-refractivity contribution in [3.05, 3.63) is 29.8 Å². The maximum atomic E-state index is 12.0. The number of rotatable bonds is 5. The molecule has 24 heavy (non-hydrogen) atoms. The van der Waals surface area contributed by atoms with Crippen molar-refractivity contribution in [2.24, 2.45) is 0 Å². The summed E-state index contributed by atoms with van der Waals surface area (Å²) in [5.74, 6) is -1.15. The topological polar surface area (TPSA) is 121 Å². The minimum absolute atomic E-state index is 0.0640. The third-order valence-corrected chi connectivity index (χ3v) is 5.22. The van der Waals surface area contributed by atoms with E-state index in [4.69, 9.17) is 0 Å². The summed E-state index contributed by atoms with van der Waals surface area (Å²) in [6.45, 7) is 1.11. The molecule has 8 nitrogen and oxygen atoms in total. The summed E-state index contributed by atoms with van der Waals surface area (Å²) in [6.07, 6.45) is 0.390. The van der Waals surface area contributed by atoms with Crippen LogP contribution >= 0.6 is 0 Å². The Morgan fingerprint density at radius 1 is 1.25 bits per heavy atom. The molecule has 0 spiro atoms. The SMILES string of the molecule is CC(=O)Nc1cccc(C(=O)NCC(=O)N[C@H]2CCS(=O)(=O)C2)c1. The first-order valence-electron chi connectivity index (χ1n) is 7.41. The zero-order chi connectivity index (χ0) is 17.7. The fourth-order valence-electron chi connectivity index (χ4n) is 2.39. The van der Waals surface area contributed by atoms with Crippen LogP contribution in [0.5, 0.6) is 0 Å². The van der Waals surface area contributed by atoms with Gasteiger partial charge >= 0.3 is 0 Å². The van der Waals surface area contributed by atoms with Crippen LogP contribution in [0.3, 0.4) is 0 Å². The molecule has 1 aliphatic heterocycles. The normalized spacial score (nSPS) is 18.6. The van der Waals surface area contributed by atoms with E-state index >= 15 is 0 Å².